The van der Waals surface area contributed by atoms with E-state index in [1.165, 1.54) is 0 Å². The molecule has 0 aromatic heterocycles. The van der Waals surface area contributed by atoms with Crippen molar-refractivity contribution >= 4 is 0 Å². The lowest BCUT2D eigenvalue weighted by Crippen LogP contribution is -2.10. The highest BCUT2D eigenvalue weighted by Gasteiger charge is 2.13. The molecule has 3 nitrogen and oxygen atoms in total. The quantitative estimate of drug-likeness (QED) is 0.828. The molecule has 1 aromatic carbocycles. The zero-order valence-corrected chi connectivity index (χ0v) is 9.57. The maximum absolute atomic E-state index is 9.59. The van der Waals surface area contributed by atoms with Gasteiger partial charge in [0.15, 0.2) is 11.5 Å². The van der Waals surface area contributed by atoms with Crippen LogP contribution < -0.4 is 9.47 Å². The highest BCUT2D eigenvalue weighted by atomic mass is 16.5. The highest BCUT2D eigenvalue weighted by Crippen LogP contribution is 2.36. The Morgan fingerprint density at radius 3 is 2.27 bits per heavy atom. The number of phenolic OH excluding ortho intramolecular Hbond substituents is 1. The fourth-order valence-corrected chi connectivity index (χ4v) is 1.15. The third-order valence-electron chi connectivity index (χ3n) is 1.61. The third kappa shape index (κ3) is 3.35. The molecule has 0 spiro atoms. The molecule has 1 radical (unpaired) electrons. The minimum absolute atomic E-state index is 0.0122. The summed E-state index contributed by atoms with van der Waals surface area (Å²) in [5.41, 5.74) is 0. The van der Waals surface area contributed by atoms with Crippen LogP contribution in [0.2, 0.25) is 0 Å². The van der Waals surface area contributed by atoms with Gasteiger partial charge in [0.2, 0.25) is 5.75 Å². The SMILES string of the molecule is CC(C)Oc1cc[c]c(O)c1OC(C)C. The summed E-state index contributed by atoms with van der Waals surface area (Å²) in [7, 11) is 0. The topological polar surface area (TPSA) is 38.7 Å². The Morgan fingerprint density at radius 2 is 1.73 bits per heavy atom. The Bertz CT molecular complexity index is 319. The first-order valence-corrected chi connectivity index (χ1v) is 5.07. The van der Waals surface area contributed by atoms with Crippen LogP contribution in [0, 0.1) is 6.07 Å². The molecule has 0 aliphatic rings. The second kappa shape index (κ2) is 4.91. The first-order valence-electron chi connectivity index (χ1n) is 5.07. The molecule has 1 aromatic rings. The van der Waals surface area contributed by atoms with Crippen molar-refractivity contribution < 1.29 is 14.6 Å². The van der Waals surface area contributed by atoms with Crippen molar-refractivity contribution in [1.29, 1.82) is 0 Å². The van der Waals surface area contributed by atoms with Crippen LogP contribution in [-0.4, -0.2) is 17.3 Å². The molecule has 0 aliphatic heterocycles. The van der Waals surface area contributed by atoms with Crippen LogP contribution in [0.15, 0.2) is 12.1 Å². The lowest BCUT2D eigenvalue weighted by Gasteiger charge is -2.17. The lowest BCUT2D eigenvalue weighted by atomic mass is 10.3. The van der Waals surface area contributed by atoms with Gasteiger partial charge in [0, 0.05) is 6.07 Å². The van der Waals surface area contributed by atoms with Gasteiger partial charge < -0.3 is 14.6 Å². The smallest absolute Gasteiger partial charge is 0.204 e. The fourth-order valence-electron chi connectivity index (χ4n) is 1.15. The molecule has 0 unspecified atom stereocenters. The molecule has 0 saturated carbocycles. The number of benzene rings is 1. The van der Waals surface area contributed by atoms with Crippen molar-refractivity contribution in [2.45, 2.75) is 39.9 Å². The van der Waals surface area contributed by atoms with Crippen LogP contribution in [0.5, 0.6) is 17.2 Å². The zero-order valence-electron chi connectivity index (χ0n) is 9.57. The largest absolute Gasteiger partial charge is 0.504 e. The first-order chi connectivity index (χ1) is 7.00. The van der Waals surface area contributed by atoms with Crippen LogP contribution in [0.4, 0.5) is 0 Å². The number of rotatable bonds is 4. The Morgan fingerprint density at radius 1 is 1.13 bits per heavy atom. The molecule has 0 atom stereocenters. The van der Waals surface area contributed by atoms with Crippen molar-refractivity contribution in [2.24, 2.45) is 0 Å². The monoisotopic (exact) mass is 209 g/mol. The van der Waals surface area contributed by atoms with Gasteiger partial charge in [0.05, 0.1) is 12.2 Å². The van der Waals surface area contributed by atoms with E-state index in [9.17, 15) is 5.11 Å². The summed E-state index contributed by atoms with van der Waals surface area (Å²) in [5, 5.41) is 9.59. The normalized spacial score (nSPS) is 10.8. The number of aromatic hydroxyl groups is 1. The fraction of sp³-hybridized carbons (Fsp3) is 0.500. The van der Waals surface area contributed by atoms with E-state index < -0.39 is 0 Å². The van der Waals surface area contributed by atoms with Crippen LogP contribution >= 0.6 is 0 Å². The van der Waals surface area contributed by atoms with Gasteiger partial charge in [-0.3, -0.25) is 0 Å². The van der Waals surface area contributed by atoms with E-state index in [1.807, 2.05) is 27.7 Å². The van der Waals surface area contributed by atoms with Crippen molar-refractivity contribution in [1.82, 2.24) is 0 Å². The van der Waals surface area contributed by atoms with E-state index in [0.29, 0.717) is 11.5 Å². The first kappa shape index (κ1) is 11.7. The second-order valence-corrected chi connectivity index (χ2v) is 3.85. The van der Waals surface area contributed by atoms with Crippen molar-refractivity contribution in [3.05, 3.63) is 18.2 Å². The number of hydrogen-bond donors (Lipinski definition) is 1. The number of hydrogen-bond acceptors (Lipinski definition) is 3. The van der Waals surface area contributed by atoms with E-state index >= 15 is 0 Å². The minimum atomic E-state index is -0.0128. The molecule has 0 aliphatic carbocycles. The van der Waals surface area contributed by atoms with E-state index in [4.69, 9.17) is 9.47 Å². The standard InChI is InChI=1S/C12H17O3/c1-8(2)14-11-7-5-6-10(13)12(11)15-9(3)4/h5,7-9,13H,1-4H3. The van der Waals surface area contributed by atoms with Gasteiger partial charge in [-0.25, -0.2) is 0 Å². The van der Waals surface area contributed by atoms with Crippen LogP contribution in [0.1, 0.15) is 27.7 Å². The molecule has 3 heteroatoms. The summed E-state index contributed by atoms with van der Waals surface area (Å²) in [4.78, 5) is 0. The molecule has 1 rings (SSSR count). The van der Waals surface area contributed by atoms with Crippen LogP contribution in [-0.2, 0) is 0 Å². The molecular formula is C12H17O3. The Hall–Kier alpha value is -1.38. The van der Waals surface area contributed by atoms with Gasteiger partial charge >= 0.3 is 0 Å². The average molecular weight is 209 g/mol. The predicted octanol–water partition coefficient (Wildman–Crippen LogP) is 2.77. The molecular weight excluding hydrogens is 192 g/mol. The summed E-state index contributed by atoms with van der Waals surface area (Å²) < 4.78 is 11.0. The van der Waals surface area contributed by atoms with Crippen molar-refractivity contribution in [3.63, 3.8) is 0 Å². The van der Waals surface area contributed by atoms with Gasteiger partial charge in [-0.1, -0.05) is 0 Å². The van der Waals surface area contributed by atoms with Gasteiger partial charge in [-0.15, -0.1) is 0 Å². The lowest BCUT2D eigenvalue weighted by molar-refractivity contribution is 0.192. The Kier molecular flexibility index (Phi) is 3.83. The van der Waals surface area contributed by atoms with Crippen LogP contribution in [0.25, 0.3) is 0 Å². The summed E-state index contributed by atoms with van der Waals surface area (Å²) in [6, 6.07) is 6.01. The molecule has 83 valence electrons. The van der Waals surface area contributed by atoms with Gasteiger partial charge in [0.25, 0.3) is 0 Å². The zero-order chi connectivity index (χ0) is 11.4. The maximum Gasteiger partial charge on any atom is 0.204 e. The van der Waals surface area contributed by atoms with Crippen molar-refractivity contribution in [2.75, 3.05) is 0 Å². The molecule has 1 N–H and O–H groups in total. The second-order valence-electron chi connectivity index (χ2n) is 3.85. The van der Waals surface area contributed by atoms with E-state index in [2.05, 4.69) is 6.07 Å². The van der Waals surface area contributed by atoms with Gasteiger partial charge in [0.1, 0.15) is 0 Å². The molecule has 15 heavy (non-hydrogen) atoms. The summed E-state index contributed by atoms with van der Waals surface area (Å²) in [6.07, 6.45) is 0.0301. The predicted molar refractivity (Wildman–Crippen MR) is 58.5 cm³/mol. The molecule has 0 fully saturated rings. The number of ether oxygens (including phenoxy) is 2. The van der Waals surface area contributed by atoms with Gasteiger partial charge in [-0.05, 0) is 39.8 Å². The molecule has 0 bridgehead atoms. The molecule has 0 saturated heterocycles. The minimum Gasteiger partial charge on any atom is -0.504 e. The summed E-state index contributed by atoms with van der Waals surface area (Å²) >= 11 is 0. The van der Waals surface area contributed by atoms with E-state index in [0.717, 1.165) is 0 Å². The maximum atomic E-state index is 9.59. The summed E-state index contributed by atoms with van der Waals surface area (Å²) in [6.45, 7) is 7.64. The third-order valence-corrected chi connectivity index (χ3v) is 1.61. The Balaban J connectivity index is 2.97. The highest BCUT2D eigenvalue weighted by molar-refractivity contribution is 5.49. The molecule has 0 heterocycles. The number of phenols is 1. The summed E-state index contributed by atoms with van der Waals surface area (Å²) in [5.74, 6) is 0.901. The Labute approximate surface area is 90.6 Å². The van der Waals surface area contributed by atoms with E-state index in [1.54, 1.807) is 12.1 Å². The van der Waals surface area contributed by atoms with Gasteiger partial charge in [-0.2, -0.15) is 0 Å². The van der Waals surface area contributed by atoms with Crippen LogP contribution in [0.3, 0.4) is 0 Å². The van der Waals surface area contributed by atoms with Crippen molar-refractivity contribution in [3.8, 4) is 17.2 Å². The van der Waals surface area contributed by atoms with E-state index in [-0.39, 0.29) is 18.0 Å². The molecule has 0 amide bonds. The average Bonchev–Trinajstić information content (AvgIpc) is 2.09.